The van der Waals surface area contributed by atoms with Crippen LogP contribution in [0.3, 0.4) is 0 Å². The van der Waals surface area contributed by atoms with E-state index in [1.807, 2.05) is 6.07 Å². The minimum absolute atomic E-state index is 0.212. The summed E-state index contributed by atoms with van der Waals surface area (Å²) in [5.41, 5.74) is 2.68. The summed E-state index contributed by atoms with van der Waals surface area (Å²) in [4.78, 5) is 13.9. The number of carbonyl (C=O) groups is 1. The summed E-state index contributed by atoms with van der Waals surface area (Å²) >= 11 is 0. The minimum Gasteiger partial charge on any atom is -0.299 e. The first kappa shape index (κ1) is 9.79. The van der Waals surface area contributed by atoms with Gasteiger partial charge >= 0.3 is 0 Å². The van der Waals surface area contributed by atoms with Gasteiger partial charge in [0.15, 0.2) is 0 Å². The minimum atomic E-state index is 0.212. The van der Waals surface area contributed by atoms with Gasteiger partial charge in [-0.3, -0.25) is 9.69 Å². The number of carbonyl (C=O) groups excluding carboxylic acids is 1. The second-order valence-corrected chi connectivity index (χ2v) is 4.66. The van der Waals surface area contributed by atoms with Gasteiger partial charge in [0.2, 0.25) is 0 Å². The van der Waals surface area contributed by atoms with Gasteiger partial charge < -0.3 is 0 Å². The zero-order chi connectivity index (χ0) is 11.0. The molecule has 1 heterocycles. The van der Waals surface area contributed by atoms with Gasteiger partial charge in [0.25, 0.3) is 0 Å². The number of benzene rings is 1. The second kappa shape index (κ2) is 3.87. The van der Waals surface area contributed by atoms with Crippen LogP contribution in [-0.4, -0.2) is 23.8 Å². The largest absolute Gasteiger partial charge is 0.299 e. The Kier molecular flexibility index (Phi) is 2.37. The quantitative estimate of drug-likeness (QED) is 0.700. The normalized spacial score (nSPS) is 24.6. The van der Waals surface area contributed by atoms with Crippen LogP contribution in [0, 0.1) is 5.92 Å². The highest BCUT2D eigenvalue weighted by Crippen LogP contribution is 2.30. The molecule has 0 amide bonds. The predicted molar refractivity (Wildman–Crippen MR) is 62.9 cm³/mol. The first-order valence-electron chi connectivity index (χ1n) is 5.81. The predicted octanol–water partition coefficient (Wildman–Crippen LogP) is 2.02. The van der Waals surface area contributed by atoms with Crippen molar-refractivity contribution >= 4 is 5.78 Å². The number of ketones is 1. The lowest BCUT2D eigenvalue weighted by atomic mass is 10.1. The average Bonchev–Trinajstić information content (AvgIpc) is 2.83. The lowest BCUT2D eigenvalue weighted by molar-refractivity contribution is -0.120. The highest BCUT2D eigenvalue weighted by Gasteiger charge is 2.35. The molecule has 1 unspecified atom stereocenters. The van der Waals surface area contributed by atoms with E-state index in [4.69, 9.17) is 0 Å². The maximum Gasteiger partial charge on any atom is 0.145 e. The molecular weight excluding hydrogens is 198 g/mol. The van der Waals surface area contributed by atoms with E-state index in [9.17, 15) is 4.79 Å². The molecule has 1 aliphatic heterocycles. The molecular formula is C14H15NO. The summed E-state index contributed by atoms with van der Waals surface area (Å²) in [5.74, 6) is 0.620. The fraction of sp³-hybridized carbons (Fsp3) is 0.357. The standard InChI is InChI=1S/C14H15NO/c16-14-7-6-12-9-15(10-13(12)14)8-11-4-2-1-3-5-11/h1-6,13H,7-10H2. The number of allylic oxidation sites excluding steroid dienone is 1. The highest BCUT2D eigenvalue weighted by atomic mass is 16.1. The molecule has 0 N–H and O–H groups in total. The third kappa shape index (κ3) is 1.69. The number of fused-ring (bicyclic) bond motifs is 1. The van der Waals surface area contributed by atoms with Crippen LogP contribution in [-0.2, 0) is 11.3 Å². The lowest BCUT2D eigenvalue weighted by Crippen LogP contribution is -2.22. The average molecular weight is 213 g/mol. The van der Waals surface area contributed by atoms with E-state index in [1.165, 1.54) is 11.1 Å². The van der Waals surface area contributed by atoms with Crippen LogP contribution in [0.15, 0.2) is 42.0 Å². The van der Waals surface area contributed by atoms with Crippen molar-refractivity contribution in [3.8, 4) is 0 Å². The molecule has 0 aromatic heterocycles. The van der Waals surface area contributed by atoms with Gasteiger partial charge in [-0.05, 0) is 11.1 Å². The number of hydrogen-bond donors (Lipinski definition) is 0. The maximum absolute atomic E-state index is 11.6. The van der Waals surface area contributed by atoms with E-state index >= 15 is 0 Å². The number of Topliss-reactive ketones (excluding diaryl/α,β-unsaturated/α-hetero) is 1. The molecule has 2 nitrogen and oxygen atoms in total. The van der Waals surface area contributed by atoms with Crippen LogP contribution in [0.1, 0.15) is 12.0 Å². The van der Waals surface area contributed by atoms with Crippen LogP contribution in [0.4, 0.5) is 0 Å². The summed E-state index contributed by atoms with van der Waals surface area (Å²) in [6, 6.07) is 10.5. The smallest absolute Gasteiger partial charge is 0.145 e. The molecule has 1 aliphatic carbocycles. The number of hydrogen-bond acceptors (Lipinski definition) is 2. The van der Waals surface area contributed by atoms with Gasteiger partial charge in [0.05, 0.1) is 5.92 Å². The molecule has 2 aliphatic rings. The molecule has 1 atom stereocenters. The Morgan fingerprint density at radius 1 is 1.25 bits per heavy atom. The van der Waals surface area contributed by atoms with Crippen molar-refractivity contribution < 1.29 is 4.79 Å². The summed E-state index contributed by atoms with van der Waals surface area (Å²) in [5, 5.41) is 0. The monoisotopic (exact) mass is 213 g/mol. The van der Waals surface area contributed by atoms with Gasteiger partial charge in [0, 0.05) is 26.1 Å². The Morgan fingerprint density at radius 3 is 2.81 bits per heavy atom. The van der Waals surface area contributed by atoms with Crippen LogP contribution in [0.2, 0.25) is 0 Å². The van der Waals surface area contributed by atoms with Crippen molar-refractivity contribution in [3.05, 3.63) is 47.5 Å². The van der Waals surface area contributed by atoms with E-state index in [0.29, 0.717) is 12.2 Å². The first-order chi connectivity index (χ1) is 7.83. The first-order valence-corrected chi connectivity index (χ1v) is 5.81. The van der Waals surface area contributed by atoms with Gasteiger partial charge in [-0.25, -0.2) is 0 Å². The number of rotatable bonds is 2. The second-order valence-electron chi connectivity index (χ2n) is 4.66. The van der Waals surface area contributed by atoms with Gasteiger partial charge in [-0.15, -0.1) is 0 Å². The summed E-state index contributed by atoms with van der Waals surface area (Å²) in [7, 11) is 0. The van der Waals surface area contributed by atoms with Gasteiger partial charge in [0.1, 0.15) is 5.78 Å². The molecule has 0 spiro atoms. The van der Waals surface area contributed by atoms with Crippen molar-refractivity contribution in [2.24, 2.45) is 5.92 Å². The molecule has 82 valence electrons. The third-order valence-electron chi connectivity index (χ3n) is 3.50. The van der Waals surface area contributed by atoms with Crippen molar-refractivity contribution in [3.63, 3.8) is 0 Å². The molecule has 3 rings (SSSR count). The van der Waals surface area contributed by atoms with Gasteiger partial charge in [-0.1, -0.05) is 36.4 Å². The number of nitrogens with zero attached hydrogens (tertiary/aromatic N) is 1. The summed E-state index contributed by atoms with van der Waals surface area (Å²) in [6.07, 6.45) is 2.79. The zero-order valence-electron chi connectivity index (χ0n) is 9.23. The molecule has 1 saturated heterocycles. The van der Waals surface area contributed by atoms with Crippen molar-refractivity contribution in [1.29, 1.82) is 0 Å². The van der Waals surface area contributed by atoms with Crippen LogP contribution < -0.4 is 0 Å². The van der Waals surface area contributed by atoms with Crippen LogP contribution >= 0.6 is 0 Å². The van der Waals surface area contributed by atoms with Crippen molar-refractivity contribution in [1.82, 2.24) is 4.90 Å². The zero-order valence-corrected chi connectivity index (χ0v) is 9.23. The lowest BCUT2D eigenvalue weighted by Gasteiger charge is -2.15. The topological polar surface area (TPSA) is 20.3 Å². The molecule has 0 bridgehead atoms. The summed E-state index contributed by atoms with van der Waals surface area (Å²) < 4.78 is 0. The Labute approximate surface area is 95.6 Å². The Balaban J connectivity index is 1.69. The molecule has 2 heteroatoms. The molecule has 1 aromatic rings. The molecule has 0 saturated carbocycles. The van der Waals surface area contributed by atoms with Crippen molar-refractivity contribution in [2.75, 3.05) is 13.1 Å². The molecule has 1 aromatic carbocycles. The highest BCUT2D eigenvalue weighted by molar-refractivity contribution is 5.89. The Morgan fingerprint density at radius 2 is 2.06 bits per heavy atom. The van der Waals surface area contributed by atoms with Crippen LogP contribution in [0.5, 0.6) is 0 Å². The van der Waals surface area contributed by atoms with E-state index in [2.05, 4.69) is 35.2 Å². The molecule has 0 radical (unpaired) electrons. The summed E-state index contributed by atoms with van der Waals surface area (Å²) in [6.45, 7) is 2.85. The molecule has 16 heavy (non-hydrogen) atoms. The van der Waals surface area contributed by atoms with E-state index in [0.717, 1.165) is 19.6 Å². The van der Waals surface area contributed by atoms with E-state index < -0.39 is 0 Å². The fourth-order valence-electron chi connectivity index (χ4n) is 2.66. The third-order valence-corrected chi connectivity index (χ3v) is 3.50. The molecule has 1 fully saturated rings. The SMILES string of the molecule is O=C1CC=C2CN(Cc3ccccc3)CC12. The van der Waals surface area contributed by atoms with E-state index in [1.54, 1.807) is 0 Å². The fourth-order valence-corrected chi connectivity index (χ4v) is 2.66. The van der Waals surface area contributed by atoms with Gasteiger partial charge in [-0.2, -0.15) is 0 Å². The maximum atomic E-state index is 11.6. The number of likely N-dealkylation sites (tertiary alicyclic amines) is 1. The van der Waals surface area contributed by atoms with Crippen molar-refractivity contribution in [2.45, 2.75) is 13.0 Å². The van der Waals surface area contributed by atoms with Crippen LogP contribution in [0.25, 0.3) is 0 Å². The van der Waals surface area contributed by atoms with E-state index in [-0.39, 0.29) is 5.92 Å². The Bertz CT molecular complexity index is 435. The Hall–Kier alpha value is -1.41.